The number of hydrogen-bond donors (Lipinski definition) is 2. The van der Waals surface area contributed by atoms with Gasteiger partial charge in [0.25, 0.3) is 0 Å². The van der Waals surface area contributed by atoms with E-state index in [9.17, 15) is 4.79 Å². The average molecular weight is 336 g/mol. The minimum atomic E-state index is -0.141. The van der Waals surface area contributed by atoms with Gasteiger partial charge in [0.2, 0.25) is 0 Å². The van der Waals surface area contributed by atoms with E-state index < -0.39 is 0 Å². The summed E-state index contributed by atoms with van der Waals surface area (Å²) in [5, 5.41) is 6.08. The molecule has 132 valence electrons. The topological polar surface area (TPSA) is 41.1 Å². The van der Waals surface area contributed by atoms with E-state index in [1.54, 1.807) is 0 Å². The second-order valence-corrected chi connectivity index (χ2v) is 7.22. The quantitative estimate of drug-likeness (QED) is 0.736. The average Bonchev–Trinajstić information content (AvgIpc) is 3.07. The third-order valence-corrected chi connectivity index (χ3v) is 5.08. The molecule has 0 bridgehead atoms. The zero-order chi connectivity index (χ0) is 17.8. The van der Waals surface area contributed by atoms with Crippen molar-refractivity contribution < 1.29 is 4.79 Å². The summed E-state index contributed by atoms with van der Waals surface area (Å²) in [5.74, 6) is 0.519. The van der Waals surface area contributed by atoms with Gasteiger partial charge in [-0.1, -0.05) is 51.1 Å². The molecule has 1 aliphatic carbocycles. The van der Waals surface area contributed by atoms with Crippen LogP contribution in [0.2, 0.25) is 0 Å². The first-order valence-corrected chi connectivity index (χ1v) is 9.36. The lowest BCUT2D eigenvalue weighted by Crippen LogP contribution is -2.32. The van der Waals surface area contributed by atoms with Crippen LogP contribution in [-0.2, 0) is 12.8 Å². The number of nitrogens with one attached hydrogen (secondary N) is 2. The first-order chi connectivity index (χ1) is 12.1. The molecule has 2 aromatic carbocycles. The number of rotatable bonds is 5. The smallest absolute Gasteiger partial charge is 0.319 e. The highest BCUT2D eigenvalue weighted by Gasteiger charge is 2.15. The van der Waals surface area contributed by atoms with Gasteiger partial charge in [-0.2, -0.15) is 0 Å². The Morgan fingerprint density at radius 2 is 1.68 bits per heavy atom. The van der Waals surface area contributed by atoms with E-state index >= 15 is 0 Å². The minimum absolute atomic E-state index is 0.0237. The van der Waals surface area contributed by atoms with E-state index in [4.69, 9.17) is 0 Å². The monoisotopic (exact) mass is 336 g/mol. The molecule has 2 N–H and O–H groups in total. The van der Waals surface area contributed by atoms with Crippen LogP contribution < -0.4 is 10.6 Å². The Hall–Kier alpha value is -2.29. The number of benzene rings is 2. The molecule has 0 fully saturated rings. The first kappa shape index (κ1) is 17.5. The van der Waals surface area contributed by atoms with Gasteiger partial charge in [0.1, 0.15) is 0 Å². The Kier molecular flexibility index (Phi) is 5.42. The number of urea groups is 1. The van der Waals surface area contributed by atoms with E-state index in [0.29, 0.717) is 5.92 Å². The fraction of sp³-hybridized carbons (Fsp3) is 0.409. The Morgan fingerprint density at radius 3 is 2.36 bits per heavy atom. The molecule has 0 aliphatic heterocycles. The number of amides is 2. The molecule has 2 amide bonds. The van der Waals surface area contributed by atoms with Crippen LogP contribution in [0.3, 0.4) is 0 Å². The molecular formula is C22H28N2O. The van der Waals surface area contributed by atoms with Crippen molar-refractivity contribution in [1.29, 1.82) is 0 Å². The second kappa shape index (κ2) is 7.73. The van der Waals surface area contributed by atoms with Crippen LogP contribution in [0.15, 0.2) is 42.5 Å². The maximum absolute atomic E-state index is 12.4. The van der Waals surface area contributed by atoms with Gasteiger partial charge in [0.05, 0.1) is 6.04 Å². The summed E-state index contributed by atoms with van der Waals surface area (Å²) in [4.78, 5) is 12.4. The Bertz CT molecular complexity index is 734. The molecule has 3 heteroatoms. The van der Waals surface area contributed by atoms with Crippen LogP contribution in [0.1, 0.15) is 67.8 Å². The van der Waals surface area contributed by atoms with Crippen molar-refractivity contribution in [3.8, 4) is 0 Å². The molecule has 3 rings (SSSR count). The van der Waals surface area contributed by atoms with Crippen LogP contribution >= 0.6 is 0 Å². The second-order valence-electron chi connectivity index (χ2n) is 7.22. The van der Waals surface area contributed by atoms with E-state index in [-0.39, 0.29) is 12.1 Å². The van der Waals surface area contributed by atoms with Crippen LogP contribution in [0.5, 0.6) is 0 Å². The maximum atomic E-state index is 12.4. The molecule has 0 spiro atoms. The third kappa shape index (κ3) is 4.22. The largest absolute Gasteiger partial charge is 0.331 e. The fourth-order valence-corrected chi connectivity index (χ4v) is 3.51. The standard InChI is InChI=1S/C22H28N2O/c1-4-21(18-10-8-16(9-11-18)15(2)3)24-22(25)23-20-13-12-17-6-5-7-19(17)14-20/h8-15,21H,4-7H2,1-3H3,(H2,23,24,25)/t21-/m1/s1. The SMILES string of the molecule is CC[C@@H](NC(=O)Nc1ccc2c(c1)CCC2)c1ccc(C(C)C)cc1. The normalized spacial score (nSPS) is 14.2. The van der Waals surface area contributed by atoms with Crippen molar-refractivity contribution in [2.24, 2.45) is 0 Å². The predicted octanol–water partition coefficient (Wildman–Crippen LogP) is 5.57. The van der Waals surface area contributed by atoms with Crippen molar-refractivity contribution in [3.05, 3.63) is 64.7 Å². The molecule has 25 heavy (non-hydrogen) atoms. The molecule has 0 unspecified atom stereocenters. The van der Waals surface area contributed by atoms with Gasteiger partial charge in [-0.15, -0.1) is 0 Å². The summed E-state index contributed by atoms with van der Waals surface area (Å²) in [7, 11) is 0. The van der Waals surface area contributed by atoms with E-state index in [2.05, 4.69) is 67.8 Å². The molecule has 2 aromatic rings. The third-order valence-electron chi connectivity index (χ3n) is 5.08. The van der Waals surface area contributed by atoms with Gasteiger partial charge in [-0.25, -0.2) is 4.79 Å². The zero-order valence-electron chi connectivity index (χ0n) is 15.4. The minimum Gasteiger partial charge on any atom is -0.331 e. The lowest BCUT2D eigenvalue weighted by molar-refractivity contribution is 0.248. The summed E-state index contributed by atoms with van der Waals surface area (Å²) >= 11 is 0. The Balaban J connectivity index is 1.64. The molecule has 0 heterocycles. The molecule has 0 saturated heterocycles. The predicted molar refractivity (Wildman–Crippen MR) is 104 cm³/mol. The van der Waals surface area contributed by atoms with Gasteiger partial charge >= 0.3 is 6.03 Å². The Morgan fingerprint density at radius 1 is 1.00 bits per heavy atom. The van der Waals surface area contributed by atoms with Gasteiger partial charge < -0.3 is 10.6 Å². The highest BCUT2D eigenvalue weighted by atomic mass is 16.2. The number of carbonyl (C=O) groups excluding carboxylic acids is 1. The summed E-state index contributed by atoms with van der Waals surface area (Å²) in [6, 6.07) is 14.7. The lowest BCUT2D eigenvalue weighted by atomic mass is 9.98. The van der Waals surface area contributed by atoms with Crippen molar-refractivity contribution in [2.75, 3.05) is 5.32 Å². The van der Waals surface area contributed by atoms with Crippen LogP contribution in [-0.4, -0.2) is 6.03 Å². The van der Waals surface area contributed by atoms with Gasteiger partial charge in [-0.05, 0) is 66.0 Å². The summed E-state index contributed by atoms with van der Waals surface area (Å²) in [6.45, 7) is 6.47. The van der Waals surface area contributed by atoms with Gasteiger partial charge in [0.15, 0.2) is 0 Å². The van der Waals surface area contributed by atoms with E-state index in [1.165, 1.54) is 23.1 Å². The van der Waals surface area contributed by atoms with Gasteiger partial charge in [-0.3, -0.25) is 0 Å². The summed E-state index contributed by atoms with van der Waals surface area (Å²) in [6.07, 6.45) is 4.35. The van der Waals surface area contributed by atoms with E-state index in [0.717, 1.165) is 30.5 Å². The van der Waals surface area contributed by atoms with Crippen LogP contribution in [0.25, 0.3) is 0 Å². The highest BCUT2D eigenvalue weighted by molar-refractivity contribution is 5.89. The van der Waals surface area contributed by atoms with Gasteiger partial charge in [0, 0.05) is 5.69 Å². The summed E-state index contributed by atoms with van der Waals surface area (Å²) in [5.41, 5.74) is 6.14. The van der Waals surface area contributed by atoms with Crippen LogP contribution in [0.4, 0.5) is 10.5 Å². The molecular weight excluding hydrogens is 308 g/mol. The van der Waals surface area contributed by atoms with Crippen LogP contribution in [0, 0.1) is 0 Å². The highest BCUT2D eigenvalue weighted by Crippen LogP contribution is 2.25. The van der Waals surface area contributed by atoms with E-state index in [1.807, 2.05) is 6.07 Å². The molecule has 3 nitrogen and oxygen atoms in total. The molecule has 0 saturated carbocycles. The molecule has 0 aromatic heterocycles. The number of fused-ring (bicyclic) bond motifs is 1. The number of hydrogen-bond acceptors (Lipinski definition) is 1. The zero-order valence-corrected chi connectivity index (χ0v) is 15.4. The lowest BCUT2D eigenvalue weighted by Gasteiger charge is -2.19. The maximum Gasteiger partial charge on any atom is 0.319 e. The number of anilines is 1. The Labute approximate surface area is 150 Å². The molecule has 1 aliphatic rings. The van der Waals surface area contributed by atoms with Crippen molar-refractivity contribution >= 4 is 11.7 Å². The number of aryl methyl sites for hydroxylation is 2. The summed E-state index contributed by atoms with van der Waals surface area (Å²) < 4.78 is 0. The number of carbonyl (C=O) groups is 1. The van der Waals surface area contributed by atoms with Crippen molar-refractivity contribution in [2.45, 2.75) is 58.4 Å². The van der Waals surface area contributed by atoms with Crippen molar-refractivity contribution in [3.63, 3.8) is 0 Å². The molecule has 0 radical (unpaired) electrons. The first-order valence-electron chi connectivity index (χ1n) is 9.36. The van der Waals surface area contributed by atoms with Crippen molar-refractivity contribution in [1.82, 2.24) is 5.32 Å². The fourth-order valence-electron chi connectivity index (χ4n) is 3.51. The molecule has 1 atom stereocenters.